The normalized spacial score (nSPS) is 33.0. The Bertz CT molecular complexity index is 475. The molecule has 4 atom stereocenters. The molecule has 0 radical (unpaired) electrons. The van der Waals surface area contributed by atoms with Crippen LogP contribution < -0.4 is 5.32 Å². The Labute approximate surface area is 127 Å². The lowest BCUT2D eigenvalue weighted by atomic mass is 9.93. The molecule has 21 heavy (non-hydrogen) atoms. The smallest absolute Gasteiger partial charge is 0.122 e. The van der Waals surface area contributed by atoms with E-state index < -0.39 is 0 Å². The number of likely N-dealkylation sites (tertiary alicyclic amines) is 1. The van der Waals surface area contributed by atoms with Gasteiger partial charge in [0.05, 0.1) is 12.3 Å². The first-order chi connectivity index (χ1) is 10.4. The third kappa shape index (κ3) is 2.82. The molecule has 2 fully saturated rings. The average molecular weight is 286 g/mol. The van der Waals surface area contributed by atoms with Gasteiger partial charge in [-0.1, -0.05) is 12.2 Å². The van der Waals surface area contributed by atoms with Gasteiger partial charge in [0.15, 0.2) is 0 Å². The third-order valence-corrected chi connectivity index (χ3v) is 5.61. The maximum Gasteiger partial charge on any atom is 0.122 e. The zero-order valence-electron chi connectivity index (χ0n) is 12.7. The van der Waals surface area contributed by atoms with Crippen LogP contribution in [0.5, 0.6) is 0 Å². The summed E-state index contributed by atoms with van der Waals surface area (Å²) in [6, 6.07) is 4.56. The second-order valence-electron chi connectivity index (χ2n) is 6.97. The highest BCUT2D eigenvalue weighted by atomic mass is 16.3. The van der Waals surface area contributed by atoms with Gasteiger partial charge in [-0.3, -0.25) is 4.90 Å². The lowest BCUT2D eigenvalue weighted by Crippen LogP contribution is -2.36. The summed E-state index contributed by atoms with van der Waals surface area (Å²) in [5, 5.41) is 3.74. The minimum absolute atomic E-state index is 0.414. The van der Waals surface area contributed by atoms with E-state index in [1.165, 1.54) is 38.8 Å². The summed E-state index contributed by atoms with van der Waals surface area (Å²) in [5.74, 6) is 3.70. The topological polar surface area (TPSA) is 28.4 Å². The van der Waals surface area contributed by atoms with Crippen LogP contribution in [0.3, 0.4) is 0 Å². The summed E-state index contributed by atoms with van der Waals surface area (Å²) < 4.78 is 5.69. The van der Waals surface area contributed by atoms with Gasteiger partial charge in [-0.2, -0.15) is 0 Å². The van der Waals surface area contributed by atoms with E-state index >= 15 is 0 Å². The van der Waals surface area contributed by atoms with E-state index in [9.17, 15) is 0 Å². The van der Waals surface area contributed by atoms with Gasteiger partial charge < -0.3 is 9.73 Å². The first-order valence-electron chi connectivity index (χ1n) is 8.56. The number of nitrogens with one attached hydrogen (secondary N) is 1. The molecular formula is C18H26N2O. The number of hydrogen-bond donors (Lipinski definition) is 1. The van der Waals surface area contributed by atoms with Crippen LogP contribution in [0.4, 0.5) is 0 Å². The molecule has 1 aliphatic heterocycles. The van der Waals surface area contributed by atoms with Gasteiger partial charge in [-0.25, -0.2) is 0 Å². The van der Waals surface area contributed by atoms with Crippen molar-refractivity contribution in [1.29, 1.82) is 0 Å². The second kappa shape index (κ2) is 5.98. The number of allylic oxidation sites excluding steroid dienone is 2. The molecule has 1 saturated heterocycles. The van der Waals surface area contributed by atoms with Crippen molar-refractivity contribution in [3.05, 3.63) is 36.3 Å². The molecule has 3 aliphatic rings. The van der Waals surface area contributed by atoms with Crippen LogP contribution in [0.25, 0.3) is 0 Å². The fourth-order valence-corrected chi connectivity index (χ4v) is 4.48. The highest BCUT2D eigenvalue weighted by molar-refractivity contribution is 5.11. The van der Waals surface area contributed by atoms with Crippen LogP contribution >= 0.6 is 0 Å². The molecule has 2 aliphatic carbocycles. The Balaban J connectivity index is 1.33. The molecule has 4 unspecified atom stereocenters. The number of hydrogen-bond acceptors (Lipinski definition) is 3. The highest BCUT2D eigenvalue weighted by Gasteiger charge is 2.35. The van der Waals surface area contributed by atoms with Crippen molar-refractivity contribution in [2.45, 2.75) is 31.7 Å². The highest BCUT2D eigenvalue weighted by Crippen LogP contribution is 2.43. The fourth-order valence-electron chi connectivity index (χ4n) is 4.48. The summed E-state index contributed by atoms with van der Waals surface area (Å²) >= 11 is 0. The average Bonchev–Trinajstić information content (AvgIpc) is 3.29. The standard InChI is InChI=1S/C18H26N2O/c1-2-8-20(7-1)17(18-4-3-9-21-18)13-19-12-16-11-14-5-6-15(16)10-14/h3-6,9,14-17,19H,1-2,7-8,10-13H2. The van der Waals surface area contributed by atoms with Gasteiger partial charge in [0.25, 0.3) is 0 Å². The lowest BCUT2D eigenvalue weighted by Gasteiger charge is -2.27. The van der Waals surface area contributed by atoms with Crippen molar-refractivity contribution in [1.82, 2.24) is 10.2 Å². The van der Waals surface area contributed by atoms with E-state index in [2.05, 4.69) is 28.4 Å². The fraction of sp³-hybridized carbons (Fsp3) is 0.667. The molecular weight excluding hydrogens is 260 g/mol. The first kappa shape index (κ1) is 13.6. The molecule has 114 valence electrons. The van der Waals surface area contributed by atoms with Crippen molar-refractivity contribution < 1.29 is 4.42 Å². The first-order valence-corrected chi connectivity index (χ1v) is 8.56. The van der Waals surface area contributed by atoms with Crippen molar-refractivity contribution >= 4 is 0 Å². The number of rotatable bonds is 6. The largest absolute Gasteiger partial charge is 0.468 e. The summed E-state index contributed by atoms with van der Waals surface area (Å²) in [6.45, 7) is 4.61. The molecule has 2 heterocycles. The Morgan fingerprint density at radius 2 is 2.14 bits per heavy atom. The van der Waals surface area contributed by atoms with Crippen LogP contribution in [0.1, 0.15) is 37.5 Å². The van der Waals surface area contributed by atoms with Gasteiger partial charge in [0.2, 0.25) is 0 Å². The SMILES string of the molecule is C1=CC2CC1CC2CNCC(c1ccco1)N1CCCC1. The van der Waals surface area contributed by atoms with Crippen molar-refractivity contribution in [2.24, 2.45) is 17.8 Å². The molecule has 1 aromatic rings. The minimum Gasteiger partial charge on any atom is -0.468 e. The van der Waals surface area contributed by atoms with Crippen LogP contribution in [-0.4, -0.2) is 31.1 Å². The molecule has 2 bridgehead atoms. The number of nitrogens with zero attached hydrogens (tertiary/aromatic N) is 1. The van der Waals surface area contributed by atoms with Crippen LogP contribution in [0, 0.1) is 17.8 Å². The monoisotopic (exact) mass is 286 g/mol. The second-order valence-corrected chi connectivity index (χ2v) is 6.97. The minimum atomic E-state index is 0.414. The van der Waals surface area contributed by atoms with E-state index in [1.807, 2.05) is 6.07 Å². The number of fused-ring (bicyclic) bond motifs is 2. The van der Waals surface area contributed by atoms with Gasteiger partial charge in [-0.15, -0.1) is 0 Å². The molecule has 4 rings (SSSR count). The number of furan rings is 1. The van der Waals surface area contributed by atoms with Gasteiger partial charge in [-0.05, 0) is 75.2 Å². The maximum absolute atomic E-state index is 5.69. The van der Waals surface area contributed by atoms with Gasteiger partial charge in [0, 0.05) is 6.54 Å². The lowest BCUT2D eigenvalue weighted by molar-refractivity contribution is 0.206. The maximum atomic E-state index is 5.69. The summed E-state index contributed by atoms with van der Waals surface area (Å²) in [5.41, 5.74) is 0. The Morgan fingerprint density at radius 3 is 2.81 bits per heavy atom. The molecule has 0 amide bonds. The van der Waals surface area contributed by atoms with E-state index in [0.717, 1.165) is 36.6 Å². The molecule has 1 aromatic heterocycles. The zero-order chi connectivity index (χ0) is 14.1. The molecule has 0 spiro atoms. The third-order valence-electron chi connectivity index (χ3n) is 5.61. The van der Waals surface area contributed by atoms with Crippen molar-refractivity contribution in [2.75, 3.05) is 26.2 Å². The predicted octanol–water partition coefficient (Wildman–Crippen LogP) is 3.22. The van der Waals surface area contributed by atoms with E-state index in [1.54, 1.807) is 6.26 Å². The Kier molecular flexibility index (Phi) is 3.87. The van der Waals surface area contributed by atoms with E-state index in [0.29, 0.717) is 6.04 Å². The summed E-state index contributed by atoms with van der Waals surface area (Å²) in [7, 11) is 0. The van der Waals surface area contributed by atoms with Crippen LogP contribution in [0.15, 0.2) is 35.0 Å². The predicted molar refractivity (Wildman–Crippen MR) is 84.0 cm³/mol. The van der Waals surface area contributed by atoms with Crippen LogP contribution in [-0.2, 0) is 0 Å². The quantitative estimate of drug-likeness (QED) is 0.814. The Morgan fingerprint density at radius 1 is 1.24 bits per heavy atom. The zero-order valence-corrected chi connectivity index (χ0v) is 12.7. The summed E-state index contributed by atoms with van der Waals surface area (Å²) in [6.07, 6.45) is 12.1. The van der Waals surface area contributed by atoms with Gasteiger partial charge >= 0.3 is 0 Å². The van der Waals surface area contributed by atoms with Crippen molar-refractivity contribution in [3.8, 4) is 0 Å². The summed E-state index contributed by atoms with van der Waals surface area (Å²) in [4.78, 5) is 2.58. The molecule has 1 N–H and O–H groups in total. The van der Waals surface area contributed by atoms with E-state index in [-0.39, 0.29) is 0 Å². The molecule has 3 nitrogen and oxygen atoms in total. The molecule has 1 saturated carbocycles. The van der Waals surface area contributed by atoms with E-state index in [4.69, 9.17) is 4.42 Å². The van der Waals surface area contributed by atoms with Crippen LogP contribution in [0.2, 0.25) is 0 Å². The van der Waals surface area contributed by atoms with Crippen molar-refractivity contribution in [3.63, 3.8) is 0 Å². The molecule has 3 heteroatoms. The Hall–Kier alpha value is -1.06. The molecule has 0 aromatic carbocycles. The van der Waals surface area contributed by atoms with Gasteiger partial charge in [0.1, 0.15) is 5.76 Å².